The van der Waals surface area contributed by atoms with E-state index in [-0.39, 0.29) is 18.1 Å². The minimum Gasteiger partial charge on any atom is -0.480 e. The van der Waals surface area contributed by atoms with Crippen molar-refractivity contribution < 1.29 is 9.53 Å². The van der Waals surface area contributed by atoms with Crippen LogP contribution in [0.1, 0.15) is 12.5 Å². The largest absolute Gasteiger partial charge is 0.480 e. The molecule has 0 bridgehead atoms. The fourth-order valence-corrected chi connectivity index (χ4v) is 2.67. The first-order valence-electron chi connectivity index (χ1n) is 6.51. The lowest BCUT2D eigenvalue weighted by Gasteiger charge is -2.35. The highest BCUT2D eigenvalue weighted by Gasteiger charge is 2.34. The number of piperazine rings is 1. The fourth-order valence-electron chi connectivity index (χ4n) is 2.67. The van der Waals surface area contributed by atoms with E-state index in [1.54, 1.807) is 0 Å². The van der Waals surface area contributed by atoms with Crippen molar-refractivity contribution in [3.63, 3.8) is 0 Å². The van der Waals surface area contributed by atoms with Crippen LogP contribution < -0.4 is 10.1 Å². The van der Waals surface area contributed by atoms with Crippen LogP contribution >= 0.6 is 0 Å². The molecule has 1 aromatic rings. The van der Waals surface area contributed by atoms with E-state index in [2.05, 4.69) is 12.2 Å². The zero-order valence-corrected chi connectivity index (χ0v) is 10.6. The first kappa shape index (κ1) is 11.5. The van der Waals surface area contributed by atoms with Gasteiger partial charge in [-0.2, -0.15) is 0 Å². The van der Waals surface area contributed by atoms with Gasteiger partial charge >= 0.3 is 0 Å². The predicted octanol–water partition coefficient (Wildman–Crippen LogP) is 0.810. The Morgan fingerprint density at radius 3 is 3.06 bits per heavy atom. The van der Waals surface area contributed by atoms with Crippen molar-refractivity contribution in [2.45, 2.75) is 25.5 Å². The Balaban J connectivity index is 1.72. The lowest BCUT2D eigenvalue weighted by atomic mass is 10.1. The van der Waals surface area contributed by atoms with Crippen molar-refractivity contribution >= 4 is 5.91 Å². The second-order valence-corrected chi connectivity index (χ2v) is 5.00. The minimum absolute atomic E-state index is 0.125. The Labute approximate surface area is 107 Å². The number of ether oxygens (including phenoxy) is 1. The summed E-state index contributed by atoms with van der Waals surface area (Å²) in [6.45, 7) is 4.59. The van der Waals surface area contributed by atoms with Crippen LogP contribution in [0, 0.1) is 0 Å². The van der Waals surface area contributed by atoms with E-state index >= 15 is 0 Å². The third-order valence-electron chi connectivity index (χ3n) is 3.71. The molecular formula is C14H18N2O2. The second kappa shape index (κ2) is 4.61. The van der Waals surface area contributed by atoms with Crippen LogP contribution in [-0.2, 0) is 11.2 Å². The number of rotatable bonds is 1. The molecule has 4 nitrogen and oxygen atoms in total. The van der Waals surface area contributed by atoms with Crippen LogP contribution in [0.5, 0.6) is 5.75 Å². The molecule has 0 aliphatic carbocycles. The van der Waals surface area contributed by atoms with Crippen LogP contribution in [0.3, 0.4) is 0 Å². The number of fused-ring (bicyclic) bond motifs is 1. The Kier molecular flexibility index (Phi) is 2.96. The molecule has 1 amide bonds. The standard InChI is InChI=1S/C14H18N2O2/c1-10-9-15-6-7-16(10)14(17)13-8-11-4-2-3-5-12(11)18-13/h2-5,10,13,15H,6-9H2,1H3/t10-,13?/m0/s1. The van der Waals surface area contributed by atoms with Crippen molar-refractivity contribution in [1.29, 1.82) is 0 Å². The van der Waals surface area contributed by atoms with E-state index in [1.165, 1.54) is 0 Å². The number of amides is 1. The first-order chi connectivity index (χ1) is 8.75. The SMILES string of the molecule is C[C@H]1CNCCN1C(=O)C1Cc2ccccc2O1. The summed E-state index contributed by atoms with van der Waals surface area (Å²) in [5, 5.41) is 3.29. The van der Waals surface area contributed by atoms with Crippen molar-refractivity contribution in [2.75, 3.05) is 19.6 Å². The van der Waals surface area contributed by atoms with Crippen molar-refractivity contribution in [3.8, 4) is 5.75 Å². The Bertz CT molecular complexity index is 436. The zero-order chi connectivity index (χ0) is 12.5. The maximum absolute atomic E-state index is 12.5. The molecule has 2 aliphatic heterocycles. The van der Waals surface area contributed by atoms with Gasteiger partial charge in [0.1, 0.15) is 5.75 Å². The quantitative estimate of drug-likeness (QED) is 0.797. The van der Waals surface area contributed by atoms with Gasteiger partial charge in [0.2, 0.25) is 0 Å². The molecule has 1 aromatic carbocycles. The van der Waals surface area contributed by atoms with Gasteiger partial charge in [-0.25, -0.2) is 0 Å². The summed E-state index contributed by atoms with van der Waals surface area (Å²) in [7, 11) is 0. The van der Waals surface area contributed by atoms with E-state index in [4.69, 9.17) is 4.74 Å². The molecule has 3 rings (SSSR count). The molecule has 1 fully saturated rings. The van der Waals surface area contributed by atoms with Gasteiger partial charge in [-0.1, -0.05) is 18.2 Å². The van der Waals surface area contributed by atoms with E-state index in [9.17, 15) is 4.79 Å². The molecule has 1 saturated heterocycles. The minimum atomic E-state index is -0.331. The monoisotopic (exact) mass is 246 g/mol. The van der Waals surface area contributed by atoms with Gasteiger partial charge in [0.15, 0.2) is 6.10 Å². The fraction of sp³-hybridized carbons (Fsp3) is 0.500. The summed E-state index contributed by atoms with van der Waals surface area (Å²) in [5.41, 5.74) is 1.14. The summed E-state index contributed by atoms with van der Waals surface area (Å²) in [5.74, 6) is 0.985. The normalized spacial score (nSPS) is 26.6. The number of para-hydroxylation sites is 1. The summed E-state index contributed by atoms with van der Waals surface area (Å²) in [6.07, 6.45) is 0.369. The van der Waals surface area contributed by atoms with E-state index in [0.717, 1.165) is 30.9 Å². The van der Waals surface area contributed by atoms with E-state index in [0.29, 0.717) is 6.42 Å². The number of nitrogens with one attached hydrogen (secondary N) is 1. The molecule has 96 valence electrons. The molecule has 0 aromatic heterocycles. The van der Waals surface area contributed by atoms with Gasteiger partial charge < -0.3 is 15.0 Å². The maximum atomic E-state index is 12.5. The Hall–Kier alpha value is -1.55. The number of nitrogens with zero attached hydrogens (tertiary/aromatic N) is 1. The molecule has 1 unspecified atom stereocenters. The summed E-state index contributed by atoms with van der Waals surface area (Å²) in [6, 6.07) is 8.15. The van der Waals surface area contributed by atoms with Crippen LogP contribution in [-0.4, -0.2) is 42.6 Å². The smallest absolute Gasteiger partial charge is 0.264 e. The maximum Gasteiger partial charge on any atom is 0.264 e. The molecule has 0 spiro atoms. The third-order valence-corrected chi connectivity index (χ3v) is 3.71. The second-order valence-electron chi connectivity index (χ2n) is 5.00. The molecule has 18 heavy (non-hydrogen) atoms. The molecule has 2 atom stereocenters. The zero-order valence-electron chi connectivity index (χ0n) is 10.6. The lowest BCUT2D eigenvalue weighted by molar-refractivity contribution is -0.140. The Morgan fingerprint density at radius 2 is 2.28 bits per heavy atom. The van der Waals surface area contributed by atoms with Crippen LogP contribution in [0.2, 0.25) is 0 Å². The number of hydrogen-bond donors (Lipinski definition) is 1. The molecular weight excluding hydrogens is 228 g/mol. The van der Waals surface area contributed by atoms with E-state index in [1.807, 2.05) is 29.2 Å². The number of hydrogen-bond acceptors (Lipinski definition) is 3. The van der Waals surface area contributed by atoms with Crippen molar-refractivity contribution in [3.05, 3.63) is 29.8 Å². The molecule has 2 aliphatic rings. The van der Waals surface area contributed by atoms with Gasteiger partial charge in [0.25, 0.3) is 5.91 Å². The summed E-state index contributed by atoms with van der Waals surface area (Å²) in [4.78, 5) is 14.4. The van der Waals surface area contributed by atoms with Crippen LogP contribution in [0.4, 0.5) is 0 Å². The summed E-state index contributed by atoms with van der Waals surface area (Å²) < 4.78 is 5.76. The van der Waals surface area contributed by atoms with Gasteiger partial charge in [0.05, 0.1) is 0 Å². The van der Waals surface area contributed by atoms with Gasteiger partial charge in [-0.15, -0.1) is 0 Å². The summed E-state index contributed by atoms with van der Waals surface area (Å²) >= 11 is 0. The Morgan fingerprint density at radius 1 is 1.44 bits per heavy atom. The lowest BCUT2D eigenvalue weighted by Crippen LogP contribution is -2.55. The average molecular weight is 246 g/mol. The first-order valence-corrected chi connectivity index (χ1v) is 6.51. The molecule has 2 heterocycles. The van der Waals surface area contributed by atoms with Gasteiger partial charge in [-0.3, -0.25) is 4.79 Å². The third kappa shape index (κ3) is 1.97. The molecule has 0 saturated carbocycles. The molecule has 4 heteroatoms. The van der Waals surface area contributed by atoms with Gasteiger partial charge in [-0.05, 0) is 18.6 Å². The van der Waals surface area contributed by atoms with Crippen molar-refractivity contribution in [1.82, 2.24) is 10.2 Å². The number of benzene rings is 1. The number of carbonyl (C=O) groups excluding carboxylic acids is 1. The molecule has 1 N–H and O–H groups in total. The van der Waals surface area contributed by atoms with Gasteiger partial charge in [0, 0.05) is 32.1 Å². The van der Waals surface area contributed by atoms with E-state index < -0.39 is 0 Å². The van der Waals surface area contributed by atoms with Crippen molar-refractivity contribution in [2.24, 2.45) is 0 Å². The molecule has 0 radical (unpaired) electrons. The topological polar surface area (TPSA) is 41.6 Å². The average Bonchev–Trinajstić information content (AvgIpc) is 2.82. The number of carbonyl (C=O) groups is 1. The predicted molar refractivity (Wildman–Crippen MR) is 68.6 cm³/mol. The highest BCUT2D eigenvalue weighted by molar-refractivity contribution is 5.83. The van der Waals surface area contributed by atoms with Crippen LogP contribution in [0.25, 0.3) is 0 Å². The highest BCUT2D eigenvalue weighted by Crippen LogP contribution is 2.29. The van der Waals surface area contributed by atoms with Crippen LogP contribution in [0.15, 0.2) is 24.3 Å². The highest BCUT2D eigenvalue weighted by atomic mass is 16.5.